The molecule has 2 rings (SSSR count). The molecule has 142 valence electrons. The van der Waals surface area contributed by atoms with Gasteiger partial charge in [-0.25, -0.2) is 4.39 Å². The number of hydrogen-bond donors (Lipinski definition) is 1. The van der Waals surface area contributed by atoms with Gasteiger partial charge in [-0.05, 0) is 68.3 Å². The summed E-state index contributed by atoms with van der Waals surface area (Å²) >= 11 is 0. The lowest BCUT2D eigenvalue weighted by Crippen LogP contribution is -2.37. The summed E-state index contributed by atoms with van der Waals surface area (Å²) in [5.41, 5.74) is 0.954. The van der Waals surface area contributed by atoms with Crippen LogP contribution in [0.15, 0.2) is 24.3 Å². The minimum absolute atomic E-state index is 0. The number of amides is 1. The van der Waals surface area contributed by atoms with E-state index in [-0.39, 0.29) is 24.1 Å². The molecule has 1 N–H and O–H groups in total. The number of rotatable bonds is 8. The van der Waals surface area contributed by atoms with Crippen LogP contribution in [0.25, 0.3) is 0 Å². The zero-order valence-electron chi connectivity index (χ0n) is 15.5. The minimum atomic E-state index is -0.208. The maximum Gasteiger partial charge on any atom is 0.222 e. The number of benzene rings is 1. The molecule has 0 saturated carbocycles. The molecule has 1 heterocycles. The third-order valence-electron chi connectivity index (χ3n) is 5.09. The molecule has 0 aliphatic carbocycles. The number of carbonyl (C=O) groups excluding carboxylic acids is 1. The van der Waals surface area contributed by atoms with Crippen LogP contribution < -0.4 is 5.32 Å². The van der Waals surface area contributed by atoms with Gasteiger partial charge in [0.15, 0.2) is 0 Å². The maximum atomic E-state index is 13.3. The first-order valence-corrected chi connectivity index (χ1v) is 9.33. The normalized spacial score (nSPS) is 16.1. The van der Waals surface area contributed by atoms with Gasteiger partial charge in [-0.3, -0.25) is 4.79 Å². The van der Waals surface area contributed by atoms with Crippen LogP contribution >= 0.6 is 12.4 Å². The summed E-state index contributed by atoms with van der Waals surface area (Å²) in [4.78, 5) is 14.7. The molecule has 5 heteroatoms. The molecule has 1 fully saturated rings. The van der Waals surface area contributed by atoms with Crippen LogP contribution in [0.3, 0.4) is 0 Å². The predicted octanol–water partition coefficient (Wildman–Crippen LogP) is 4.05. The number of piperidine rings is 1. The summed E-state index contributed by atoms with van der Waals surface area (Å²) in [7, 11) is 0. The standard InChI is InChI=1S/C20H31FN2O.ClH/c1-3-12-23(13-9-17-5-4-6-19(21)15-17)20(24)14-16(2)18-7-10-22-11-8-18;/h4-6,15-16,18,22H,3,7-14H2,1-2H3;1H. The highest BCUT2D eigenvalue weighted by Crippen LogP contribution is 2.25. The molecule has 1 aliphatic rings. The minimum Gasteiger partial charge on any atom is -0.342 e. The lowest BCUT2D eigenvalue weighted by Gasteiger charge is -2.30. The topological polar surface area (TPSA) is 32.3 Å². The lowest BCUT2D eigenvalue weighted by molar-refractivity contribution is -0.132. The van der Waals surface area contributed by atoms with Crippen molar-refractivity contribution in [2.75, 3.05) is 26.2 Å². The lowest BCUT2D eigenvalue weighted by atomic mass is 9.84. The second-order valence-corrected chi connectivity index (χ2v) is 7.03. The van der Waals surface area contributed by atoms with Crippen molar-refractivity contribution < 1.29 is 9.18 Å². The van der Waals surface area contributed by atoms with Crippen LogP contribution in [-0.2, 0) is 11.2 Å². The number of nitrogens with zero attached hydrogens (tertiary/aromatic N) is 1. The Hall–Kier alpha value is -1.13. The van der Waals surface area contributed by atoms with Crippen LogP contribution in [-0.4, -0.2) is 37.0 Å². The molecule has 1 atom stereocenters. The molecule has 0 spiro atoms. The van der Waals surface area contributed by atoms with E-state index in [1.165, 1.54) is 18.9 Å². The third-order valence-corrected chi connectivity index (χ3v) is 5.09. The first kappa shape index (κ1) is 21.9. The van der Waals surface area contributed by atoms with Gasteiger partial charge in [0.05, 0.1) is 0 Å². The SMILES string of the molecule is CCCN(CCc1cccc(F)c1)C(=O)CC(C)C1CCNCC1.Cl. The molecule has 0 radical (unpaired) electrons. The van der Waals surface area contributed by atoms with Crippen molar-refractivity contribution in [3.63, 3.8) is 0 Å². The number of halogens is 2. The molecular formula is C20H32ClFN2O. The number of nitrogens with one attached hydrogen (secondary N) is 1. The average Bonchev–Trinajstić information content (AvgIpc) is 2.59. The Kier molecular flexibility index (Phi) is 10.1. The van der Waals surface area contributed by atoms with Crippen molar-refractivity contribution in [2.24, 2.45) is 11.8 Å². The number of carbonyl (C=O) groups is 1. The Balaban J connectivity index is 0.00000312. The Labute approximate surface area is 157 Å². The van der Waals surface area contributed by atoms with Gasteiger partial charge in [0, 0.05) is 19.5 Å². The largest absolute Gasteiger partial charge is 0.342 e. The van der Waals surface area contributed by atoms with E-state index >= 15 is 0 Å². The summed E-state index contributed by atoms with van der Waals surface area (Å²) in [6, 6.07) is 6.68. The third kappa shape index (κ3) is 7.33. The van der Waals surface area contributed by atoms with Gasteiger partial charge in [0.25, 0.3) is 0 Å². The average molecular weight is 371 g/mol. The molecule has 1 aromatic rings. The Morgan fingerprint density at radius 2 is 2.04 bits per heavy atom. The second kappa shape index (κ2) is 11.5. The van der Waals surface area contributed by atoms with E-state index in [0.717, 1.165) is 31.6 Å². The molecule has 0 bridgehead atoms. The Morgan fingerprint density at radius 3 is 2.68 bits per heavy atom. The summed E-state index contributed by atoms with van der Waals surface area (Å²) < 4.78 is 13.3. The molecular weight excluding hydrogens is 339 g/mol. The fourth-order valence-electron chi connectivity index (χ4n) is 3.57. The van der Waals surface area contributed by atoms with E-state index in [4.69, 9.17) is 0 Å². The summed E-state index contributed by atoms with van der Waals surface area (Å²) in [6.07, 6.45) is 4.65. The zero-order chi connectivity index (χ0) is 17.4. The van der Waals surface area contributed by atoms with Crippen molar-refractivity contribution >= 4 is 18.3 Å². The molecule has 1 aliphatic heterocycles. The van der Waals surface area contributed by atoms with Crippen molar-refractivity contribution in [1.29, 1.82) is 0 Å². The molecule has 0 aromatic heterocycles. The molecule has 1 saturated heterocycles. The van der Waals surface area contributed by atoms with Crippen LogP contribution in [0.2, 0.25) is 0 Å². The van der Waals surface area contributed by atoms with E-state index in [9.17, 15) is 9.18 Å². The van der Waals surface area contributed by atoms with Gasteiger partial charge in [-0.15, -0.1) is 12.4 Å². The predicted molar refractivity (Wildman–Crippen MR) is 104 cm³/mol. The highest BCUT2D eigenvalue weighted by molar-refractivity contribution is 5.85. The highest BCUT2D eigenvalue weighted by atomic mass is 35.5. The highest BCUT2D eigenvalue weighted by Gasteiger charge is 2.24. The smallest absolute Gasteiger partial charge is 0.222 e. The van der Waals surface area contributed by atoms with Crippen molar-refractivity contribution in [3.05, 3.63) is 35.6 Å². The molecule has 25 heavy (non-hydrogen) atoms. The van der Waals surface area contributed by atoms with Crippen LogP contribution in [0, 0.1) is 17.7 Å². The van der Waals surface area contributed by atoms with Crippen LogP contribution in [0.5, 0.6) is 0 Å². The second-order valence-electron chi connectivity index (χ2n) is 7.03. The molecule has 1 amide bonds. The fraction of sp³-hybridized carbons (Fsp3) is 0.650. The van der Waals surface area contributed by atoms with Crippen LogP contribution in [0.1, 0.15) is 45.1 Å². The van der Waals surface area contributed by atoms with E-state index in [0.29, 0.717) is 31.2 Å². The van der Waals surface area contributed by atoms with Gasteiger partial charge < -0.3 is 10.2 Å². The fourth-order valence-corrected chi connectivity index (χ4v) is 3.57. The van der Waals surface area contributed by atoms with E-state index in [1.807, 2.05) is 11.0 Å². The van der Waals surface area contributed by atoms with Gasteiger partial charge in [-0.1, -0.05) is 26.0 Å². The van der Waals surface area contributed by atoms with Gasteiger partial charge in [-0.2, -0.15) is 0 Å². The first-order chi connectivity index (χ1) is 11.6. The summed E-state index contributed by atoms with van der Waals surface area (Å²) in [6.45, 7) is 7.91. The molecule has 1 unspecified atom stereocenters. The number of hydrogen-bond acceptors (Lipinski definition) is 2. The van der Waals surface area contributed by atoms with E-state index in [1.54, 1.807) is 12.1 Å². The van der Waals surface area contributed by atoms with Crippen molar-refractivity contribution in [3.8, 4) is 0 Å². The molecule has 1 aromatic carbocycles. The van der Waals surface area contributed by atoms with Gasteiger partial charge in [0.2, 0.25) is 5.91 Å². The van der Waals surface area contributed by atoms with E-state index < -0.39 is 0 Å². The van der Waals surface area contributed by atoms with Gasteiger partial charge >= 0.3 is 0 Å². The van der Waals surface area contributed by atoms with Crippen LogP contribution in [0.4, 0.5) is 4.39 Å². The summed E-state index contributed by atoms with van der Waals surface area (Å²) in [5, 5.41) is 3.38. The quantitative estimate of drug-likeness (QED) is 0.748. The van der Waals surface area contributed by atoms with E-state index in [2.05, 4.69) is 19.2 Å². The first-order valence-electron chi connectivity index (χ1n) is 9.33. The van der Waals surface area contributed by atoms with Crippen molar-refractivity contribution in [1.82, 2.24) is 10.2 Å². The Morgan fingerprint density at radius 1 is 1.32 bits per heavy atom. The van der Waals surface area contributed by atoms with Gasteiger partial charge in [0.1, 0.15) is 5.82 Å². The maximum absolute atomic E-state index is 13.3. The monoisotopic (exact) mass is 370 g/mol. The Bertz CT molecular complexity index is 520. The summed E-state index contributed by atoms with van der Waals surface area (Å²) in [5.74, 6) is 1.13. The molecule has 3 nitrogen and oxygen atoms in total. The van der Waals surface area contributed by atoms with Crippen molar-refractivity contribution in [2.45, 2.75) is 46.0 Å². The zero-order valence-corrected chi connectivity index (χ0v) is 16.3.